The van der Waals surface area contributed by atoms with E-state index in [0.29, 0.717) is 5.54 Å². The van der Waals surface area contributed by atoms with Crippen LogP contribution in [-0.2, 0) is 6.42 Å². The van der Waals surface area contributed by atoms with Gasteiger partial charge in [0.15, 0.2) is 0 Å². The smallest absolute Gasteiger partial charge is 0.251 e. The van der Waals surface area contributed by atoms with Crippen molar-refractivity contribution in [1.82, 2.24) is 5.32 Å². The fraction of sp³-hybridized carbons (Fsp3) is 0.567. The van der Waals surface area contributed by atoms with E-state index in [1.165, 1.54) is 44.1 Å². The van der Waals surface area contributed by atoms with Crippen molar-refractivity contribution in [2.75, 3.05) is 12.4 Å². The maximum Gasteiger partial charge on any atom is 0.251 e. The fourth-order valence-corrected chi connectivity index (χ4v) is 7.30. The molecule has 4 nitrogen and oxygen atoms in total. The number of benzene rings is 2. The third-order valence-electron chi connectivity index (χ3n) is 8.45. The monoisotopic (exact) mass is 460 g/mol. The van der Waals surface area contributed by atoms with Crippen LogP contribution in [0.25, 0.3) is 0 Å². The molecule has 1 amide bonds. The highest BCUT2D eigenvalue weighted by Gasteiger charge is 2.50. The Balaban J connectivity index is 1.22. The predicted octanol–water partition coefficient (Wildman–Crippen LogP) is 6.61. The highest BCUT2D eigenvalue weighted by molar-refractivity contribution is 5.94. The van der Waals surface area contributed by atoms with Crippen LogP contribution in [0.3, 0.4) is 0 Å². The van der Waals surface area contributed by atoms with Crippen molar-refractivity contribution in [3.63, 3.8) is 0 Å². The van der Waals surface area contributed by atoms with Crippen molar-refractivity contribution >= 4 is 11.6 Å². The molecule has 0 radical (unpaired) electrons. The van der Waals surface area contributed by atoms with Crippen LogP contribution in [-0.4, -0.2) is 24.6 Å². The van der Waals surface area contributed by atoms with E-state index in [4.69, 9.17) is 4.74 Å². The molecule has 4 aliphatic carbocycles. The Morgan fingerprint density at radius 1 is 1.03 bits per heavy atom. The van der Waals surface area contributed by atoms with Gasteiger partial charge < -0.3 is 15.4 Å². The predicted molar refractivity (Wildman–Crippen MR) is 138 cm³/mol. The third kappa shape index (κ3) is 5.26. The molecule has 4 heteroatoms. The number of hydrogen-bond acceptors (Lipinski definition) is 3. The highest BCUT2D eigenvalue weighted by atomic mass is 16.5. The van der Waals surface area contributed by atoms with Crippen molar-refractivity contribution in [3.05, 3.63) is 59.7 Å². The molecule has 4 bridgehead atoms. The molecule has 4 fully saturated rings. The first-order valence-corrected chi connectivity index (χ1v) is 13.4. The number of rotatable bonds is 10. The second kappa shape index (κ2) is 10.0. The molecule has 4 aliphatic rings. The average Bonchev–Trinajstić information content (AvgIpc) is 2.82. The molecule has 0 saturated heterocycles. The summed E-state index contributed by atoms with van der Waals surface area (Å²) in [5.74, 6) is 3.65. The van der Waals surface area contributed by atoms with Gasteiger partial charge in [0.1, 0.15) is 5.75 Å². The summed E-state index contributed by atoms with van der Waals surface area (Å²) >= 11 is 0. The SMILES string of the molecule is CCCCC(Cc1cccc(OC)c1)NC(=O)c1ccc(NC23CC4CC(CC(C4)C2)C3)cc1. The molecule has 2 aromatic rings. The lowest BCUT2D eigenvalue weighted by Crippen LogP contribution is -2.54. The van der Waals surface area contributed by atoms with Gasteiger partial charge in [-0.05, 0) is 111 Å². The molecule has 0 aliphatic heterocycles. The fourth-order valence-electron chi connectivity index (χ4n) is 7.30. The first-order chi connectivity index (χ1) is 16.5. The van der Waals surface area contributed by atoms with E-state index in [0.717, 1.165) is 60.4 Å². The molecule has 2 N–H and O–H groups in total. The summed E-state index contributed by atoms with van der Waals surface area (Å²) in [6.45, 7) is 2.19. The summed E-state index contributed by atoms with van der Waals surface area (Å²) in [6.07, 6.45) is 12.3. The second-order valence-electron chi connectivity index (χ2n) is 11.3. The summed E-state index contributed by atoms with van der Waals surface area (Å²) < 4.78 is 5.37. The van der Waals surface area contributed by atoms with Gasteiger partial charge in [0.25, 0.3) is 5.91 Å². The Kier molecular flexibility index (Phi) is 6.85. The van der Waals surface area contributed by atoms with Crippen LogP contribution in [0.4, 0.5) is 5.69 Å². The molecule has 1 atom stereocenters. The van der Waals surface area contributed by atoms with Crippen LogP contribution in [0.5, 0.6) is 5.75 Å². The Hall–Kier alpha value is -2.49. The minimum Gasteiger partial charge on any atom is -0.497 e. The molecule has 4 saturated carbocycles. The Bertz CT molecular complexity index is 948. The van der Waals surface area contributed by atoms with Gasteiger partial charge in [0.2, 0.25) is 0 Å². The van der Waals surface area contributed by atoms with Gasteiger partial charge in [-0.15, -0.1) is 0 Å². The van der Waals surface area contributed by atoms with Crippen molar-refractivity contribution in [3.8, 4) is 5.75 Å². The summed E-state index contributed by atoms with van der Waals surface area (Å²) in [7, 11) is 1.69. The summed E-state index contributed by atoms with van der Waals surface area (Å²) in [5, 5.41) is 7.22. The largest absolute Gasteiger partial charge is 0.497 e. The molecule has 6 rings (SSSR count). The number of hydrogen-bond donors (Lipinski definition) is 2. The number of carbonyl (C=O) groups excluding carboxylic acids is 1. The van der Waals surface area contributed by atoms with Crippen LogP contribution in [0.2, 0.25) is 0 Å². The van der Waals surface area contributed by atoms with E-state index in [9.17, 15) is 4.79 Å². The van der Waals surface area contributed by atoms with Gasteiger partial charge >= 0.3 is 0 Å². The van der Waals surface area contributed by atoms with Crippen molar-refractivity contribution in [2.45, 2.75) is 82.7 Å². The zero-order valence-electron chi connectivity index (χ0n) is 20.8. The Morgan fingerprint density at radius 3 is 2.32 bits per heavy atom. The lowest BCUT2D eigenvalue weighted by Gasteiger charge is -2.57. The number of amides is 1. The van der Waals surface area contributed by atoms with Crippen LogP contribution < -0.4 is 15.4 Å². The lowest BCUT2D eigenvalue weighted by atomic mass is 9.53. The highest BCUT2D eigenvalue weighted by Crippen LogP contribution is 2.56. The van der Waals surface area contributed by atoms with E-state index in [1.54, 1.807) is 7.11 Å². The van der Waals surface area contributed by atoms with Gasteiger partial charge in [-0.25, -0.2) is 0 Å². The standard InChI is InChI=1S/C30H40N2O2/c1-3-4-7-27(16-21-6-5-8-28(17-21)34-2)31-29(33)25-9-11-26(12-10-25)32-30-18-22-13-23(19-30)15-24(14-22)20-30/h5-6,8-12,17,22-24,27,32H,3-4,7,13-16,18-20H2,1-2H3,(H,31,33). The van der Waals surface area contributed by atoms with Gasteiger partial charge in [-0.2, -0.15) is 0 Å². The van der Waals surface area contributed by atoms with Crippen molar-refractivity contribution < 1.29 is 9.53 Å². The third-order valence-corrected chi connectivity index (χ3v) is 8.45. The molecule has 182 valence electrons. The van der Waals surface area contributed by atoms with Crippen LogP contribution in [0.1, 0.15) is 80.6 Å². The summed E-state index contributed by atoms with van der Waals surface area (Å²) in [5.41, 5.74) is 3.39. The minimum atomic E-state index is 0.0188. The van der Waals surface area contributed by atoms with Crippen LogP contribution in [0.15, 0.2) is 48.5 Å². The number of carbonyl (C=O) groups is 1. The number of nitrogens with one attached hydrogen (secondary N) is 2. The van der Waals surface area contributed by atoms with E-state index < -0.39 is 0 Å². The molecular weight excluding hydrogens is 420 g/mol. The minimum absolute atomic E-state index is 0.0188. The molecular formula is C30H40N2O2. The van der Waals surface area contributed by atoms with Gasteiger partial charge in [0, 0.05) is 22.8 Å². The maximum atomic E-state index is 13.1. The molecule has 0 aromatic heterocycles. The molecule has 2 aromatic carbocycles. The first-order valence-electron chi connectivity index (χ1n) is 13.4. The van der Waals surface area contributed by atoms with Gasteiger partial charge in [-0.1, -0.05) is 31.9 Å². The van der Waals surface area contributed by atoms with Gasteiger partial charge in [-0.3, -0.25) is 4.79 Å². The lowest BCUT2D eigenvalue weighted by molar-refractivity contribution is 0.0107. The van der Waals surface area contributed by atoms with Crippen LogP contribution >= 0.6 is 0 Å². The Labute approximate surface area is 204 Å². The number of methoxy groups -OCH3 is 1. The van der Waals surface area contributed by atoms with E-state index in [1.807, 2.05) is 24.3 Å². The van der Waals surface area contributed by atoms with E-state index in [2.05, 4.69) is 41.8 Å². The quantitative estimate of drug-likeness (QED) is 0.420. The maximum absolute atomic E-state index is 13.1. The number of ether oxygens (including phenoxy) is 1. The molecule has 0 spiro atoms. The van der Waals surface area contributed by atoms with Crippen molar-refractivity contribution in [1.29, 1.82) is 0 Å². The zero-order valence-corrected chi connectivity index (χ0v) is 20.8. The molecule has 34 heavy (non-hydrogen) atoms. The second-order valence-corrected chi connectivity index (χ2v) is 11.3. The summed E-state index contributed by atoms with van der Waals surface area (Å²) in [4.78, 5) is 13.1. The summed E-state index contributed by atoms with van der Waals surface area (Å²) in [6, 6.07) is 16.5. The van der Waals surface area contributed by atoms with Gasteiger partial charge in [0.05, 0.1) is 7.11 Å². The first kappa shape index (κ1) is 23.3. The average molecular weight is 461 g/mol. The molecule has 1 unspecified atom stereocenters. The normalized spacial score (nSPS) is 27.9. The van der Waals surface area contributed by atoms with Crippen LogP contribution in [0, 0.1) is 17.8 Å². The van der Waals surface area contributed by atoms with E-state index >= 15 is 0 Å². The van der Waals surface area contributed by atoms with Crippen molar-refractivity contribution in [2.24, 2.45) is 17.8 Å². The zero-order chi connectivity index (χ0) is 23.5. The number of anilines is 1. The topological polar surface area (TPSA) is 50.4 Å². The molecule has 0 heterocycles. The number of unbranched alkanes of at least 4 members (excludes halogenated alkanes) is 1. The van der Waals surface area contributed by atoms with E-state index in [-0.39, 0.29) is 11.9 Å². The Morgan fingerprint density at radius 2 is 1.71 bits per heavy atom.